The van der Waals surface area contributed by atoms with Crippen molar-refractivity contribution in [2.45, 2.75) is 24.3 Å². The molecular weight excluding hydrogens is 438 g/mol. The van der Waals surface area contributed by atoms with Gasteiger partial charge < -0.3 is 0 Å². The molecule has 0 saturated carbocycles. The molecule has 1 aliphatic carbocycles. The first-order valence-corrected chi connectivity index (χ1v) is 11.4. The van der Waals surface area contributed by atoms with Crippen molar-refractivity contribution in [3.63, 3.8) is 0 Å². The van der Waals surface area contributed by atoms with Crippen LogP contribution in [0.2, 0.25) is 0 Å². The normalized spacial score (nSPS) is 13.4. The third-order valence-corrected chi connectivity index (χ3v) is 7.79. The number of aryl methyl sites for hydroxylation is 1. The Balaban J connectivity index is 1.77. The molecule has 3 nitrogen and oxygen atoms in total. The molecule has 27 heavy (non-hydrogen) atoms. The molecule has 134 valence electrons. The molecule has 0 radical (unpaired) electrons. The summed E-state index contributed by atoms with van der Waals surface area (Å²) in [5, 5.41) is 2.25. The van der Waals surface area contributed by atoms with Crippen molar-refractivity contribution in [2.75, 3.05) is 5.75 Å². The van der Waals surface area contributed by atoms with Crippen LogP contribution in [0.25, 0.3) is 31.7 Å². The van der Waals surface area contributed by atoms with E-state index < -0.39 is 0 Å². The van der Waals surface area contributed by atoms with Crippen LogP contribution in [0.4, 0.5) is 0 Å². The quantitative estimate of drug-likeness (QED) is 0.264. The van der Waals surface area contributed by atoms with E-state index in [0.29, 0.717) is 0 Å². The Morgan fingerprint density at radius 1 is 1.15 bits per heavy atom. The largest absolute Gasteiger partial charge is 0.236 e. The minimum absolute atomic E-state index is 0.793. The van der Waals surface area contributed by atoms with Crippen LogP contribution in [-0.4, -0.2) is 20.7 Å². The Labute approximate surface area is 174 Å². The summed E-state index contributed by atoms with van der Waals surface area (Å²) in [7, 11) is 0. The van der Waals surface area contributed by atoms with Crippen LogP contribution in [0.5, 0.6) is 0 Å². The van der Waals surface area contributed by atoms with Crippen molar-refractivity contribution >= 4 is 59.5 Å². The van der Waals surface area contributed by atoms with E-state index in [4.69, 9.17) is 4.98 Å². The molecule has 5 rings (SSSR count). The van der Waals surface area contributed by atoms with Gasteiger partial charge in [-0.05, 0) is 34.9 Å². The van der Waals surface area contributed by atoms with E-state index in [2.05, 4.69) is 62.8 Å². The molecule has 0 saturated heterocycles. The number of aromatic nitrogens is 3. The lowest BCUT2D eigenvalue weighted by Crippen LogP contribution is -1.94. The van der Waals surface area contributed by atoms with Crippen molar-refractivity contribution in [2.24, 2.45) is 0 Å². The highest BCUT2D eigenvalue weighted by Gasteiger charge is 2.24. The summed E-state index contributed by atoms with van der Waals surface area (Å²) in [6.07, 6.45) is 5.06. The smallest absolute Gasteiger partial charge is 0.127 e. The fourth-order valence-corrected chi connectivity index (χ4v) is 6.09. The number of benzene rings is 1. The lowest BCUT2D eigenvalue weighted by molar-refractivity contribution is 0.913. The van der Waals surface area contributed by atoms with Crippen molar-refractivity contribution in [3.8, 4) is 11.3 Å². The van der Waals surface area contributed by atoms with Gasteiger partial charge in [-0.2, -0.15) is 0 Å². The van der Waals surface area contributed by atoms with Crippen LogP contribution in [0.1, 0.15) is 17.5 Å². The fraction of sp³-hybridized carbons (Fsp3) is 0.190. The Hall–Kier alpha value is -1.76. The molecule has 0 N–H and O–H groups in total. The highest BCUT2D eigenvalue weighted by Crippen LogP contribution is 2.43. The Morgan fingerprint density at radius 2 is 1.96 bits per heavy atom. The van der Waals surface area contributed by atoms with Crippen LogP contribution >= 0.6 is 39.0 Å². The van der Waals surface area contributed by atoms with Gasteiger partial charge in [-0.1, -0.05) is 64.6 Å². The second-order valence-electron chi connectivity index (χ2n) is 6.58. The van der Waals surface area contributed by atoms with Gasteiger partial charge in [0.05, 0.1) is 15.9 Å². The molecule has 0 spiro atoms. The van der Waals surface area contributed by atoms with Crippen LogP contribution in [0.3, 0.4) is 0 Å². The number of thioether (sulfide) groups is 1. The van der Waals surface area contributed by atoms with Gasteiger partial charge in [0.25, 0.3) is 0 Å². The lowest BCUT2D eigenvalue weighted by atomic mass is 10.0. The van der Waals surface area contributed by atoms with Crippen LogP contribution < -0.4 is 0 Å². The number of halogens is 1. The maximum absolute atomic E-state index is 5.11. The van der Waals surface area contributed by atoms with Gasteiger partial charge in [-0.3, -0.25) is 0 Å². The van der Waals surface area contributed by atoms with E-state index in [1.165, 1.54) is 28.5 Å². The standard InChI is InChI=1S/C21H16BrN3S2/c1-12(22)10-26-21-19-18(23-11-24-21)16-14-8-5-9-15(14)17(25-20(16)27-19)13-6-3-2-4-7-13/h2-4,6-7,11H,1,5,8-10H2. The highest BCUT2D eigenvalue weighted by atomic mass is 79.9. The molecule has 0 aliphatic heterocycles. The van der Waals surface area contributed by atoms with Crippen molar-refractivity contribution in [1.82, 2.24) is 15.0 Å². The van der Waals surface area contributed by atoms with Crippen molar-refractivity contribution in [1.29, 1.82) is 0 Å². The maximum atomic E-state index is 5.11. The summed E-state index contributed by atoms with van der Waals surface area (Å²) in [5.41, 5.74) is 6.22. The number of hydrogen-bond acceptors (Lipinski definition) is 5. The lowest BCUT2D eigenvalue weighted by Gasteiger charge is -2.09. The molecule has 3 heterocycles. The molecule has 1 aliphatic rings. The van der Waals surface area contributed by atoms with E-state index in [1.807, 2.05) is 0 Å². The van der Waals surface area contributed by atoms with Gasteiger partial charge in [0, 0.05) is 16.7 Å². The molecule has 0 unspecified atom stereocenters. The van der Waals surface area contributed by atoms with Crippen LogP contribution in [-0.2, 0) is 12.8 Å². The SMILES string of the molecule is C=C(Br)CSc1ncnc2c1sc1nc(-c3ccccc3)c3c(c12)CCC3. The number of nitrogens with zero attached hydrogens (tertiary/aromatic N) is 3. The van der Waals surface area contributed by atoms with Crippen LogP contribution in [0.15, 0.2) is 52.7 Å². The third-order valence-electron chi connectivity index (χ3n) is 4.85. The first kappa shape index (κ1) is 17.3. The molecule has 0 atom stereocenters. The molecule has 0 bridgehead atoms. The van der Waals surface area contributed by atoms with Crippen LogP contribution in [0, 0.1) is 0 Å². The molecule has 0 fully saturated rings. The third kappa shape index (κ3) is 3.00. The second-order valence-corrected chi connectivity index (χ2v) is 9.67. The molecular formula is C21H16BrN3S2. The minimum atomic E-state index is 0.793. The Bertz CT molecular complexity index is 1180. The van der Waals surface area contributed by atoms with Crippen molar-refractivity contribution < 1.29 is 0 Å². The summed E-state index contributed by atoms with van der Waals surface area (Å²) in [4.78, 5) is 15.3. The predicted molar refractivity (Wildman–Crippen MR) is 119 cm³/mol. The van der Waals surface area contributed by atoms with Gasteiger partial charge in [0.1, 0.15) is 16.2 Å². The number of fused-ring (bicyclic) bond motifs is 5. The van der Waals surface area contributed by atoms with E-state index >= 15 is 0 Å². The second kappa shape index (κ2) is 7.00. The monoisotopic (exact) mass is 453 g/mol. The van der Waals surface area contributed by atoms with E-state index in [0.717, 1.165) is 48.8 Å². The van der Waals surface area contributed by atoms with E-state index in [-0.39, 0.29) is 0 Å². The van der Waals surface area contributed by atoms with Gasteiger partial charge in [0.2, 0.25) is 0 Å². The maximum Gasteiger partial charge on any atom is 0.127 e. The Morgan fingerprint density at radius 3 is 2.78 bits per heavy atom. The van der Waals surface area contributed by atoms with E-state index in [1.54, 1.807) is 29.4 Å². The summed E-state index contributed by atoms with van der Waals surface area (Å²) < 4.78 is 2.10. The highest BCUT2D eigenvalue weighted by molar-refractivity contribution is 9.11. The first-order valence-electron chi connectivity index (χ1n) is 8.83. The molecule has 3 aromatic heterocycles. The molecule has 4 aromatic rings. The number of pyridine rings is 1. The average Bonchev–Trinajstić information content (AvgIpc) is 3.30. The predicted octanol–water partition coefficient (Wildman–Crippen LogP) is 6.40. The minimum Gasteiger partial charge on any atom is -0.236 e. The summed E-state index contributed by atoms with van der Waals surface area (Å²) in [6, 6.07) is 10.5. The molecule has 6 heteroatoms. The zero-order chi connectivity index (χ0) is 18.4. The van der Waals surface area contributed by atoms with Gasteiger partial charge in [-0.25, -0.2) is 15.0 Å². The average molecular weight is 454 g/mol. The van der Waals surface area contributed by atoms with Gasteiger partial charge in [-0.15, -0.1) is 11.3 Å². The fourth-order valence-electron chi connectivity index (χ4n) is 3.76. The molecule has 1 aromatic carbocycles. The number of hydrogen-bond donors (Lipinski definition) is 0. The topological polar surface area (TPSA) is 38.7 Å². The van der Waals surface area contributed by atoms with Gasteiger partial charge in [0.15, 0.2) is 0 Å². The molecule has 0 amide bonds. The van der Waals surface area contributed by atoms with E-state index in [9.17, 15) is 0 Å². The number of rotatable bonds is 4. The summed E-state index contributed by atoms with van der Waals surface area (Å²) in [5.74, 6) is 0.793. The van der Waals surface area contributed by atoms with Crippen molar-refractivity contribution in [3.05, 3.63) is 58.8 Å². The van der Waals surface area contributed by atoms with Gasteiger partial charge >= 0.3 is 0 Å². The zero-order valence-electron chi connectivity index (χ0n) is 14.5. The summed E-state index contributed by atoms with van der Waals surface area (Å²) in [6.45, 7) is 3.93. The first-order chi connectivity index (χ1) is 13.2. The zero-order valence-corrected chi connectivity index (χ0v) is 17.8. The Kier molecular flexibility index (Phi) is 4.50. The summed E-state index contributed by atoms with van der Waals surface area (Å²) >= 11 is 6.84. The number of thiophene rings is 1.